The highest BCUT2D eigenvalue weighted by atomic mass is 35.5. The number of halogens is 2. The number of aromatic hydroxyl groups is 1. The Labute approximate surface area is 106 Å². The molecule has 0 saturated carbocycles. The Morgan fingerprint density at radius 2 is 1.94 bits per heavy atom. The van der Waals surface area contributed by atoms with Crippen molar-refractivity contribution < 1.29 is 9.50 Å². The first-order valence-electron chi connectivity index (χ1n) is 4.95. The van der Waals surface area contributed by atoms with Crippen LogP contribution in [0.3, 0.4) is 0 Å². The summed E-state index contributed by atoms with van der Waals surface area (Å²) < 4.78 is 13.3. The van der Waals surface area contributed by atoms with Crippen LogP contribution in [0.1, 0.15) is 37.9 Å². The molecule has 17 heavy (non-hydrogen) atoms. The van der Waals surface area contributed by atoms with Gasteiger partial charge in [0.2, 0.25) is 0 Å². The molecule has 94 valence electrons. The number of hydrogen-bond donors (Lipinski definition) is 2. The summed E-state index contributed by atoms with van der Waals surface area (Å²) in [6, 6.07) is 3.72. The van der Waals surface area contributed by atoms with Crippen molar-refractivity contribution in [1.82, 2.24) is 0 Å². The lowest BCUT2D eigenvalue weighted by molar-refractivity contribution is 0.313. The summed E-state index contributed by atoms with van der Waals surface area (Å²) in [6.07, 6.45) is 0. The summed E-state index contributed by atoms with van der Waals surface area (Å²) in [6.45, 7) is 5.65. The van der Waals surface area contributed by atoms with Crippen molar-refractivity contribution in [2.24, 2.45) is 11.1 Å². The molecule has 0 fully saturated rings. The molecule has 0 aromatic heterocycles. The minimum absolute atomic E-state index is 0. The lowest BCUT2D eigenvalue weighted by Gasteiger charge is -2.28. The van der Waals surface area contributed by atoms with Gasteiger partial charge in [0.05, 0.1) is 11.6 Å². The van der Waals surface area contributed by atoms with Crippen molar-refractivity contribution in [3.63, 3.8) is 0 Å². The van der Waals surface area contributed by atoms with Gasteiger partial charge in [0.15, 0.2) is 11.6 Å². The van der Waals surface area contributed by atoms with Crippen molar-refractivity contribution in [2.75, 3.05) is 0 Å². The van der Waals surface area contributed by atoms with E-state index in [9.17, 15) is 9.50 Å². The molecule has 3 nitrogen and oxygen atoms in total. The second kappa shape index (κ2) is 5.35. The van der Waals surface area contributed by atoms with Gasteiger partial charge in [0.25, 0.3) is 0 Å². The number of nitrogens with two attached hydrogens (primary N) is 1. The van der Waals surface area contributed by atoms with Crippen LogP contribution < -0.4 is 5.73 Å². The van der Waals surface area contributed by atoms with E-state index in [0.717, 1.165) is 6.07 Å². The van der Waals surface area contributed by atoms with Gasteiger partial charge in [-0.05, 0) is 17.5 Å². The van der Waals surface area contributed by atoms with Gasteiger partial charge in [-0.1, -0.05) is 20.8 Å². The molecule has 0 radical (unpaired) electrons. The molecule has 1 rings (SSSR count). The summed E-state index contributed by atoms with van der Waals surface area (Å²) in [5.41, 5.74) is 6.03. The molecule has 0 heterocycles. The summed E-state index contributed by atoms with van der Waals surface area (Å²) in [5.74, 6) is -1.28. The Morgan fingerprint density at radius 3 is 2.35 bits per heavy atom. The normalized spacial score (nSPS) is 12.5. The molecule has 0 amide bonds. The van der Waals surface area contributed by atoms with Crippen LogP contribution in [-0.2, 0) is 0 Å². The summed E-state index contributed by atoms with van der Waals surface area (Å²) in [5, 5.41) is 18.3. The Kier molecular flexibility index (Phi) is 4.94. The van der Waals surface area contributed by atoms with Crippen LogP contribution >= 0.6 is 12.4 Å². The maximum absolute atomic E-state index is 13.3. The van der Waals surface area contributed by atoms with E-state index in [2.05, 4.69) is 0 Å². The van der Waals surface area contributed by atoms with E-state index >= 15 is 0 Å². The van der Waals surface area contributed by atoms with Crippen molar-refractivity contribution in [1.29, 1.82) is 5.26 Å². The van der Waals surface area contributed by atoms with E-state index < -0.39 is 17.6 Å². The average molecular weight is 259 g/mol. The largest absolute Gasteiger partial charge is 0.505 e. The van der Waals surface area contributed by atoms with Crippen molar-refractivity contribution in [3.8, 4) is 11.8 Å². The van der Waals surface area contributed by atoms with Gasteiger partial charge in [-0.2, -0.15) is 5.26 Å². The topological polar surface area (TPSA) is 70.0 Å². The van der Waals surface area contributed by atoms with E-state index in [1.165, 1.54) is 6.07 Å². The second-order valence-corrected chi connectivity index (χ2v) is 4.85. The molecule has 1 aromatic rings. The molecule has 0 unspecified atom stereocenters. The number of phenolic OH excluding ortho intramolecular Hbond substituents is 1. The molecule has 1 aromatic carbocycles. The Hall–Kier alpha value is -1.31. The molecule has 1 atom stereocenters. The third-order valence-electron chi connectivity index (χ3n) is 2.49. The Balaban J connectivity index is 0.00000256. The van der Waals surface area contributed by atoms with Crippen molar-refractivity contribution >= 4 is 12.4 Å². The Morgan fingerprint density at radius 1 is 1.41 bits per heavy atom. The van der Waals surface area contributed by atoms with E-state index in [-0.39, 0.29) is 28.9 Å². The number of rotatable bonds is 1. The fourth-order valence-corrected chi connectivity index (χ4v) is 1.39. The molecule has 0 spiro atoms. The molecule has 0 saturated heterocycles. The van der Waals surface area contributed by atoms with Crippen LogP contribution in [0.15, 0.2) is 12.1 Å². The van der Waals surface area contributed by atoms with Gasteiger partial charge >= 0.3 is 0 Å². The van der Waals surface area contributed by atoms with Gasteiger partial charge in [0, 0.05) is 11.6 Å². The van der Waals surface area contributed by atoms with Gasteiger partial charge < -0.3 is 10.8 Å². The number of benzene rings is 1. The van der Waals surface area contributed by atoms with Crippen LogP contribution in [0.25, 0.3) is 0 Å². The first kappa shape index (κ1) is 15.7. The maximum atomic E-state index is 13.3. The van der Waals surface area contributed by atoms with Crippen LogP contribution in [0, 0.1) is 22.6 Å². The lowest BCUT2D eigenvalue weighted by atomic mass is 9.82. The molecule has 3 N–H and O–H groups in total. The highest BCUT2D eigenvalue weighted by Crippen LogP contribution is 2.36. The highest BCUT2D eigenvalue weighted by molar-refractivity contribution is 5.85. The fraction of sp³-hybridized carbons (Fsp3) is 0.417. The number of phenols is 1. The first-order valence-corrected chi connectivity index (χ1v) is 4.95. The minimum atomic E-state index is -0.811. The summed E-state index contributed by atoms with van der Waals surface area (Å²) in [7, 11) is 0. The minimum Gasteiger partial charge on any atom is -0.505 e. The monoisotopic (exact) mass is 258 g/mol. The average Bonchev–Trinajstić information content (AvgIpc) is 2.19. The predicted molar refractivity (Wildman–Crippen MR) is 66.4 cm³/mol. The zero-order chi connectivity index (χ0) is 12.5. The zero-order valence-corrected chi connectivity index (χ0v) is 10.8. The number of nitriles is 1. The predicted octanol–water partition coefficient (Wildman–Crippen LogP) is 2.87. The SMILES string of the molecule is CC(C)(C)[C@@H](N)c1cc(C#N)cc(F)c1O.Cl. The van der Waals surface area contributed by atoms with E-state index in [1.54, 1.807) is 0 Å². The third-order valence-corrected chi connectivity index (χ3v) is 2.49. The zero-order valence-electron chi connectivity index (χ0n) is 9.99. The molecule has 0 aliphatic carbocycles. The molecular formula is C12H16ClFN2O. The third kappa shape index (κ3) is 3.32. The highest BCUT2D eigenvalue weighted by Gasteiger charge is 2.26. The quantitative estimate of drug-likeness (QED) is 0.814. The van der Waals surface area contributed by atoms with Gasteiger partial charge in [-0.25, -0.2) is 4.39 Å². The lowest BCUT2D eigenvalue weighted by Crippen LogP contribution is -2.26. The van der Waals surface area contributed by atoms with Gasteiger partial charge in [0.1, 0.15) is 0 Å². The van der Waals surface area contributed by atoms with Gasteiger partial charge in [-0.15, -0.1) is 12.4 Å². The maximum Gasteiger partial charge on any atom is 0.166 e. The van der Waals surface area contributed by atoms with Crippen LogP contribution in [0.4, 0.5) is 4.39 Å². The molecule has 0 aliphatic rings. The standard InChI is InChI=1S/C12H15FN2O.ClH/c1-12(2,3)11(15)8-4-7(6-14)5-9(13)10(8)16;/h4-5,11,16H,15H2,1-3H3;1H/t11-;/m0./s1. The molecule has 0 bridgehead atoms. The van der Waals surface area contributed by atoms with Crippen molar-refractivity contribution in [3.05, 3.63) is 29.1 Å². The number of nitrogens with zero attached hydrogens (tertiary/aromatic N) is 1. The van der Waals surface area contributed by atoms with Crippen LogP contribution in [0.2, 0.25) is 0 Å². The van der Waals surface area contributed by atoms with E-state index in [1.807, 2.05) is 26.8 Å². The Bertz CT molecular complexity index is 449. The number of hydrogen-bond acceptors (Lipinski definition) is 3. The second-order valence-electron chi connectivity index (χ2n) is 4.85. The molecule has 0 aliphatic heterocycles. The van der Waals surface area contributed by atoms with Gasteiger partial charge in [-0.3, -0.25) is 0 Å². The van der Waals surface area contributed by atoms with E-state index in [0.29, 0.717) is 0 Å². The molecular weight excluding hydrogens is 243 g/mol. The van der Waals surface area contributed by atoms with Crippen LogP contribution in [-0.4, -0.2) is 5.11 Å². The summed E-state index contributed by atoms with van der Waals surface area (Å²) in [4.78, 5) is 0. The summed E-state index contributed by atoms with van der Waals surface area (Å²) >= 11 is 0. The van der Waals surface area contributed by atoms with E-state index in [4.69, 9.17) is 11.0 Å². The first-order chi connectivity index (χ1) is 7.27. The smallest absolute Gasteiger partial charge is 0.166 e. The molecule has 5 heteroatoms. The van der Waals surface area contributed by atoms with Crippen LogP contribution in [0.5, 0.6) is 5.75 Å². The fourth-order valence-electron chi connectivity index (χ4n) is 1.39. The van der Waals surface area contributed by atoms with Crippen molar-refractivity contribution in [2.45, 2.75) is 26.8 Å².